The second-order valence-corrected chi connectivity index (χ2v) is 5.10. The zero-order valence-electron chi connectivity index (χ0n) is 10.8. The molecular weight excluding hydrogens is 241 g/mol. The number of piperidine rings is 1. The van der Waals surface area contributed by atoms with E-state index in [1.165, 1.54) is 25.3 Å². The van der Waals surface area contributed by atoms with Gasteiger partial charge in [0.15, 0.2) is 0 Å². The third-order valence-electron chi connectivity index (χ3n) is 3.63. The molecule has 2 aromatic rings. The van der Waals surface area contributed by atoms with Crippen molar-refractivity contribution in [2.45, 2.75) is 31.7 Å². The summed E-state index contributed by atoms with van der Waals surface area (Å²) in [7, 11) is 0. The van der Waals surface area contributed by atoms with Crippen LogP contribution in [0.3, 0.4) is 0 Å². The summed E-state index contributed by atoms with van der Waals surface area (Å²) in [5, 5.41) is 7.78. The van der Waals surface area contributed by atoms with Crippen LogP contribution in [0.1, 0.15) is 24.8 Å². The first kappa shape index (κ1) is 12.4. The summed E-state index contributed by atoms with van der Waals surface area (Å²) in [5.74, 6) is -0.243. The molecule has 0 bridgehead atoms. The number of hydrogen-bond donors (Lipinski definition) is 1. The van der Waals surface area contributed by atoms with Crippen LogP contribution in [-0.2, 0) is 6.42 Å². The van der Waals surface area contributed by atoms with Crippen LogP contribution in [0.25, 0.3) is 5.69 Å². The highest BCUT2D eigenvalue weighted by Crippen LogP contribution is 2.15. The van der Waals surface area contributed by atoms with Crippen molar-refractivity contribution < 1.29 is 4.39 Å². The number of nitrogens with one attached hydrogen (secondary N) is 1. The Morgan fingerprint density at radius 2 is 2.21 bits per heavy atom. The van der Waals surface area contributed by atoms with E-state index in [2.05, 4.69) is 10.4 Å². The molecule has 0 amide bonds. The molecule has 1 saturated heterocycles. The molecule has 1 N–H and O–H groups in total. The molecule has 3 rings (SSSR count). The summed E-state index contributed by atoms with van der Waals surface area (Å²) < 4.78 is 15.3. The Kier molecular flexibility index (Phi) is 3.60. The Hall–Kier alpha value is -1.68. The zero-order chi connectivity index (χ0) is 13.1. The molecule has 3 nitrogen and oxygen atoms in total. The molecule has 1 fully saturated rings. The first-order valence-corrected chi connectivity index (χ1v) is 6.85. The van der Waals surface area contributed by atoms with Crippen molar-refractivity contribution in [3.8, 4) is 5.69 Å². The quantitative estimate of drug-likeness (QED) is 0.918. The number of halogens is 1. The van der Waals surface area contributed by atoms with Crippen molar-refractivity contribution >= 4 is 0 Å². The van der Waals surface area contributed by atoms with Crippen LogP contribution >= 0.6 is 0 Å². The van der Waals surface area contributed by atoms with Gasteiger partial charge in [0.25, 0.3) is 0 Å². The number of rotatable bonds is 3. The molecule has 1 aliphatic rings. The van der Waals surface area contributed by atoms with Crippen LogP contribution in [0.2, 0.25) is 0 Å². The topological polar surface area (TPSA) is 29.9 Å². The van der Waals surface area contributed by atoms with Crippen LogP contribution in [-0.4, -0.2) is 22.4 Å². The summed E-state index contributed by atoms with van der Waals surface area (Å²) >= 11 is 0. The molecule has 1 aromatic carbocycles. The molecule has 0 radical (unpaired) electrons. The van der Waals surface area contributed by atoms with Gasteiger partial charge in [-0.05, 0) is 43.5 Å². The Morgan fingerprint density at radius 3 is 3.00 bits per heavy atom. The highest BCUT2D eigenvalue weighted by Gasteiger charge is 2.14. The lowest BCUT2D eigenvalue weighted by atomic mass is 10.00. The van der Waals surface area contributed by atoms with Gasteiger partial charge in [0.1, 0.15) is 11.5 Å². The van der Waals surface area contributed by atoms with Gasteiger partial charge in [-0.25, -0.2) is 9.07 Å². The van der Waals surface area contributed by atoms with Gasteiger partial charge in [-0.2, -0.15) is 5.10 Å². The molecule has 4 heteroatoms. The van der Waals surface area contributed by atoms with Crippen LogP contribution < -0.4 is 5.32 Å². The van der Waals surface area contributed by atoms with E-state index in [0.29, 0.717) is 11.7 Å². The average molecular weight is 259 g/mol. The Balaban J connectivity index is 1.74. The average Bonchev–Trinajstić information content (AvgIpc) is 2.89. The van der Waals surface area contributed by atoms with Crippen LogP contribution in [0.4, 0.5) is 4.39 Å². The van der Waals surface area contributed by atoms with Crippen molar-refractivity contribution in [3.05, 3.63) is 48.0 Å². The number of benzene rings is 1. The number of aromatic nitrogens is 2. The van der Waals surface area contributed by atoms with E-state index >= 15 is 0 Å². The molecule has 0 aliphatic carbocycles. The maximum atomic E-state index is 13.7. The van der Waals surface area contributed by atoms with Crippen molar-refractivity contribution in [1.29, 1.82) is 0 Å². The predicted octanol–water partition coefficient (Wildman–Crippen LogP) is 2.70. The fourth-order valence-electron chi connectivity index (χ4n) is 2.62. The highest BCUT2D eigenvalue weighted by atomic mass is 19.1. The predicted molar refractivity (Wildman–Crippen MR) is 72.9 cm³/mol. The second-order valence-electron chi connectivity index (χ2n) is 5.10. The summed E-state index contributed by atoms with van der Waals surface area (Å²) in [6, 6.07) is 7.24. The molecule has 19 heavy (non-hydrogen) atoms. The van der Waals surface area contributed by atoms with Crippen LogP contribution in [0, 0.1) is 5.82 Å². The van der Waals surface area contributed by atoms with Gasteiger partial charge in [-0.15, -0.1) is 0 Å². The fourth-order valence-corrected chi connectivity index (χ4v) is 2.62. The van der Waals surface area contributed by atoms with Gasteiger partial charge in [0, 0.05) is 12.2 Å². The maximum Gasteiger partial charge on any atom is 0.148 e. The Bertz CT molecular complexity index is 544. The lowest BCUT2D eigenvalue weighted by Crippen LogP contribution is -2.35. The van der Waals surface area contributed by atoms with Gasteiger partial charge in [0.2, 0.25) is 0 Å². The summed E-state index contributed by atoms with van der Waals surface area (Å²) in [6.07, 6.45) is 8.50. The largest absolute Gasteiger partial charge is 0.314 e. The first-order chi connectivity index (χ1) is 9.33. The van der Waals surface area contributed by atoms with E-state index in [-0.39, 0.29) is 5.82 Å². The molecule has 0 saturated carbocycles. The van der Waals surface area contributed by atoms with Gasteiger partial charge < -0.3 is 5.32 Å². The van der Waals surface area contributed by atoms with Crippen LogP contribution in [0.5, 0.6) is 0 Å². The van der Waals surface area contributed by atoms with E-state index in [9.17, 15) is 4.39 Å². The van der Waals surface area contributed by atoms with E-state index < -0.39 is 0 Å². The fraction of sp³-hybridized carbons (Fsp3) is 0.400. The summed E-state index contributed by atoms with van der Waals surface area (Å²) in [4.78, 5) is 0. The van der Waals surface area contributed by atoms with Gasteiger partial charge in [-0.1, -0.05) is 18.6 Å². The van der Waals surface area contributed by atoms with Crippen molar-refractivity contribution in [1.82, 2.24) is 15.1 Å². The highest BCUT2D eigenvalue weighted by molar-refractivity contribution is 5.33. The summed E-state index contributed by atoms with van der Waals surface area (Å²) in [6.45, 7) is 1.10. The standard InChI is InChI=1S/C15H18FN3/c16-14-6-1-2-7-15(14)19-11-12(10-18-19)9-13-5-3-4-8-17-13/h1-2,6-7,10-11,13,17H,3-5,8-9H2. The third-order valence-corrected chi connectivity index (χ3v) is 3.63. The minimum Gasteiger partial charge on any atom is -0.314 e. The van der Waals surface area contributed by atoms with Crippen molar-refractivity contribution in [2.24, 2.45) is 0 Å². The second kappa shape index (κ2) is 5.53. The van der Waals surface area contributed by atoms with Gasteiger partial charge in [0.05, 0.1) is 6.20 Å². The minimum absolute atomic E-state index is 0.243. The SMILES string of the molecule is Fc1ccccc1-n1cc(CC2CCCCN2)cn1. The van der Waals surface area contributed by atoms with Gasteiger partial charge >= 0.3 is 0 Å². The molecule has 1 aromatic heterocycles. The molecule has 0 spiro atoms. The third kappa shape index (κ3) is 2.84. The van der Waals surface area contributed by atoms with Crippen molar-refractivity contribution in [2.75, 3.05) is 6.54 Å². The normalized spacial score (nSPS) is 19.5. The number of hydrogen-bond acceptors (Lipinski definition) is 2. The first-order valence-electron chi connectivity index (χ1n) is 6.85. The maximum absolute atomic E-state index is 13.7. The molecular formula is C15H18FN3. The van der Waals surface area contributed by atoms with Crippen molar-refractivity contribution in [3.63, 3.8) is 0 Å². The monoisotopic (exact) mass is 259 g/mol. The molecule has 100 valence electrons. The van der Waals surface area contributed by atoms with E-state index in [1.807, 2.05) is 18.5 Å². The Labute approximate surface area is 112 Å². The number of nitrogens with zero attached hydrogens (tertiary/aromatic N) is 2. The molecule has 1 aliphatic heterocycles. The lowest BCUT2D eigenvalue weighted by molar-refractivity contribution is 0.399. The van der Waals surface area contributed by atoms with E-state index in [0.717, 1.165) is 18.5 Å². The van der Waals surface area contributed by atoms with E-state index in [1.54, 1.807) is 16.8 Å². The molecule has 1 atom stereocenters. The Morgan fingerprint density at radius 1 is 1.32 bits per heavy atom. The number of para-hydroxylation sites is 1. The lowest BCUT2D eigenvalue weighted by Gasteiger charge is -2.22. The molecule has 1 unspecified atom stereocenters. The minimum atomic E-state index is -0.243. The molecule has 2 heterocycles. The summed E-state index contributed by atoms with van der Waals surface area (Å²) in [5.41, 5.74) is 1.66. The van der Waals surface area contributed by atoms with E-state index in [4.69, 9.17) is 0 Å². The van der Waals surface area contributed by atoms with Gasteiger partial charge in [-0.3, -0.25) is 0 Å². The van der Waals surface area contributed by atoms with Crippen LogP contribution in [0.15, 0.2) is 36.7 Å². The smallest absolute Gasteiger partial charge is 0.148 e. The zero-order valence-corrected chi connectivity index (χ0v) is 10.8.